The predicted molar refractivity (Wildman–Crippen MR) is 70.9 cm³/mol. The fourth-order valence-corrected chi connectivity index (χ4v) is 3.10. The van der Waals surface area contributed by atoms with Crippen LogP contribution >= 0.6 is 11.8 Å². The molecule has 1 aromatic rings. The summed E-state index contributed by atoms with van der Waals surface area (Å²) in [6.07, 6.45) is 0. The van der Waals surface area contributed by atoms with Crippen molar-refractivity contribution in [3.05, 3.63) is 23.9 Å². The van der Waals surface area contributed by atoms with Gasteiger partial charge in [0.05, 0.1) is 5.69 Å². The maximum absolute atomic E-state index is 5.63. The topological polar surface area (TPSA) is 42.1 Å². The van der Waals surface area contributed by atoms with Crippen molar-refractivity contribution >= 4 is 17.6 Å². The van der Waals surface area contributed by atoms with Crippen molar-refractivity contribution in [3.63, 3.8) is 0 Å². The summed E-state index contributed by atoms with van der Waals surface area (Å²) in [7, 11) is 0. The summed E-state index contributed by atoms with van der Waals surface area (Å²) in [5.74, 6) is 2.25. The maximum atomic E-state index is 5.63. The lowest BCUT2D eigenvalue weighted by Gasteiger charge is -2.38. The Hall–Kier alpha value is -0.740. The second kappa shape index (κ2) is 5.06. The minimum atomic E-state index is 0.514. The number of anilines is 1. The molecule has 3 nitrogen and oxygen atoms in total. The molecule has 1 aliphatic rings. The third-order valence-corrected chi connectivity index (χ3v) is 4.52. The zero-order chi connectivity index (χ0) is 11.5. The third-order valence-electron chi connectivity index (χ3n) is 3.18. The molecule has 1 aliphatic heterocycles. The van der Waals surface area contributed by atoms with Crippen LogP contribution in [0.15, 0.2) is 18.2 Å². The van der Waals surface area contributed by atoms with E-state index in [4.69, 9.17) is 5.73 Å². The van der Waals surface area contributed by atoms with E-state index in [1.807, 2.05) is 23.9 Å². The van der Waals surface area contributed by atoms with E-state index < -0.39 is 0 Å². The Labute approximate surface area is 101 Å². The van der Waals surface area contributed by atoms with Gasteiger partial charge in [-0.25, -0.2) is 4.98 Å². The first-order chi connectivity index (χ1) is 7.72. The molecule has 1 aromatic heterocycles. The first-order valence-electron chi connectivity index (χ1n) is 5.76. The van der Waals surface area contributed by atoms with Crippen LogP contribution in [0.25, 0.3) is 0 Å². The molecule has 0 aromatic carbocycles. The number of aromatic nitrogens is 1. The predicted octanol–water partition coefficient (Wildman–Crippen LogP) is 1.87. The van der Waals surface area contributed by atoms with Gasteiger partial charge in [0.15, 0.2) is 0 Å². The molecule has 2 heterocycles. The third kappa shape index (κ3) is 2.33. The maximum Gasteiger partial charge on any atom is 0.129 e. The number of nitrogens with zero attached hydrogens (tertiary/aromatic N) is 2. The van der Waals surface area contributed by atoms with Gasteiger partial charge < -0.3 is 10.6 Å². The summed E-state index contributed by atoms with van der Waals surface area (Å²) in [6, 6.07) is 6.65. The summed E-state index contributed by atoms with van der Waals surface area (Å²) in [5, 5.41) is 0.664. The van der Waals surface area contributed by atoms with E-state index >= 15 is 0 Å². The number of pyridine rings is 1. The highest BCUT2D eigenvalue weighted by atomic mass is 32.2. The standard InChI is InChI=1S/C12H19N3S/c1-9-10(2)16-7-6-15(9)12-5-3-4-11(8-13)14-12/h3-5,9-10H,6-8,13H2,1-2H3. The van der Waals surface area contributed by atoms with E-state index in [9.17, 15) is 0 Å². The molecule has 4 heteroatoms. The molecule has 2 unspecified atom stereocenters. The zero-order valence-corrected chi connectivity index (χ0v) is 10.7. The van der Waals surface area contributed by atoms with Crippen molar-refractivity contribution in [2.45, 2.75) is 31.7 Å². The van der Waals surface area contributed by atoms with Gasteiger partial charge in [0.2, 0.25) is 0 Å². The zero-order valence-electron chi connectivity index (χ0n) is 9.89. The van der Waals surface area contributed by atoms with E-state index in [2.05, 4.69) is 29.8 Å². The van der Waals surface area contributed by atoms with Gasteiger partial charge in [0.25, 0.3) is 0 Å². The first-order valence-corrected chi connectivity index (χ1v) is 6.81. The molecule has 0 radical (unpaired) electrons. The molecule has 2 atom stereocenters. The van der Waals surface area contributed by atoms with Crippen LogP contribution in [-0.4, -0.2) is 28.6 Å². The Morgan fingerprint density at radius 2 is 2.31 bits per heavy atom. The second-order valence-electron chi connectivity index (χ2n) is 4.20. The highest BCUT2D eigenvalue weighted by Crippen LogP contribution is 2.27. The summed E-state index contributed by atoms with van der Waals surface area (Å²) < 4.78 is 0. The lowest BCUT2D eigenvalue weighted by atomic mass is 10.2. The van der Waals surface area contributed by atoms with Crippen molar-refractivity contribution in [3.8, 4) is 0 Å². The average Bonchev–Trinajstić information content (AvgIpc) is 2.33. The van der Waals surface area contributed by atoms with Crippen LogP contribution in [0, 0.1) is 0 Å². The smallest absolute Gasteiger partial charge is 0.129 e. The monoisotopic (exact) mass is 237 g/mol. The molecule has 0 amide bonds. The van der Waals surface area contributed by atoms with Crippen molar-refractivity contribution in [2.75, 3.05) is 17.2 Å². The first kappa shape index (κ1) is 11.7. The van der Waals surface area contributed by atoms with Crippen LogP contribution in [0.1, 0.15) is 19.5 Å². The summed E-state index contributed by atoms with van der Waals surface area (Å²) >= 11 is 2.04. The van der Waals surface area contributed by atoms with Gasteiger partial charge in [-0.3, -0.25) is 0 Å². The van der Waals surface area contributed by atoms with E-state index in [-0.39, 0.29) is 0 Å². The number of thioether (sulfide) groups is 1. The molecule has 0 bridgehead atoms. The van der Waals surface area contributed by atoms with Crippen LogP contribution in [0.5, 0.6) is 0 Å². The van der Waals surface area contributed by atoms with E-state index in [0.717, 1.165) is 18.1 Å². The Morgan fingerprint density at radius 1 is 1.50 bits per heavy atom. The number of hydrogen-bond donors (Lipinski definition) is 1. The minimum Gasteiger partial charge on any atom is -0.352 e. The van der Waals surface area contributed by atoms with Gasteiger partial charge >= 0.3 is 0 Å². The molecule has 0 spiro atoms. The van der Waals surface area contributed by atoms with Crippen molar-refractivity contribution in [1.82, 2.24) is 4.98 Å². The fraction of sp³-hybridized carbons (Fsp3) is 0.583. The van der Waals surface area contributed by atoms with Crippen molar-refractivity contribution in [1.29, 1.82) is 0 Å². The number of hydrogen-bond acceptors (Lipinski definition) is 4. The summed E-state index contributed by atoms with van der Waals surface area (Å²) in [6.45, 7) is 6.15. The van der Waals surface area contributed by atoms with Crippen LogP contribution in [0.2, 0.25) is 0 Å². The second-order valence-corrected chi connectivity index (χ2v) is 5.69. The van der Waals surface area contributed by atoms with Crippen LogP contribution in [0.4, 0.5) is 5.82 Å². The highest BCUT2D eigenvalue weighted by molar-refractivity contribution is 8.00. The fourth-order valence-electron chi connectivity index (χ4n) is 2.00. The van der Waals surface area contributed by atoms with E-state index in [1.54, 1.807) is 0 Å². The SMILES string of the molecule is CC1SCCN(c2cccc(CN)n2)C1C. The van der Waals surface area contributed by atoms with Gasteiger partial charge in [-0.15, -0.1) is 0 Å². The lowest BCUT2D eigenvalue weighted by Crippen LogP contribution is -2.45. The van der Waals surface area contributed by atoms with Crippen molar-refractivity contribution in [2.24, 2.45) is 5.73 Å². The summed E-state index contributed by atoms with van der Waals surface area (Å²) in [5.41, 5.74) is 6.59. The normalized spacial score (nSPS) is 25.8. The Kier molecular flexibility index (Phi) is 3.71. The summed E-state index contributed by atoms with van der Waals surface area (Å²) in [4.78, 5) is 6.98. The average molecular weight is 237 g/mol. The minimum absolute atomic E-state index is 0.514. The molecule has 2 N–H and O–H groups in total. The van der Waals surface area contributed by atoms with E-state index in [1.165, 1.54) is 5.75 Å². The largest absolute Gasteiger partial charge is 0.352 e. The lowest BCUT2D eigenvalue weighted by molar-refractivity contribution is 0.619. The van der Waals surface area contributed by atoms with Gasteiger partial charge in [-0.05, 0) is 19.1 Å². The molecule has 1 fully saturated rings. The Morgan fingerprint density at radius 3 is 3.06 bits per heavy atom. The molecule has 1 saturated heterocycles. The van der Waals surface area contributed by atoms with Gasteiger partial charge in [-0.2, -0.15) is 11.8 Å². The molecule has 0 saturated carbocycles. The number of nitrogens with two attached hydrogens (primary N) is 1. The van der Waals surface area contributed by atoms with Crippen LogP contribution < -0.4 is 10.6 Å². The molecular formula is C12H19N3S. The van der Waals surface area contributed by atoms with Crippen molar-refractivity contribution < 1.29 is 0 Å². The Bertz CT molecular complexity index is 356. The molecular weight excluding hydrogens is 218 g/mol. The molecule has 88 valence electrons. The quantitative estimate of drug-likeness (QED) is 0.852. The van der Waals surface area contributed by atoms with Gasteiger partial charge in [0, 0.05) is 30.1 Å². The molecule has 2 rings (SSSR count). The van der Waals surface area contributed by atoms with E-state index in [0.29, 0.717) is 17.8 Å². The Balaban J connectivity index is 2.21. The van der Waals surface area contributed by atoms with Gasteiger partial charge in [-0.1, -0.05) is 13.0 Å². The van der Waals surface area contributed by atoms with Crippen LogP contribution in [-0.2, 0) is 6.54 Å². The number of rotatable bonds is 2. The molecule has 16 heavy (non-hydrogen) atoms. The molecule has 0 aliphatic carbocycles. The highest BCUT2D eigenvalue weighted by Gasteiger charge is 2.25. The van der Waals surface area contributed by atoms with Gasteiger partial charge in [0.1, 0.15) is 5.82 Å². The van der Waals surface area contributed by atoms with Crippen LogP contribution in [0.3, 0.4) is 0 Å².